The van der Waals surface area contributed by atoms with Crippen LogP contribution in [0.3, 0.4) is 0 Å². The van der Waals surface area contributed by atoms with Gasteiger partial charge in [0.25, 0.3) is 11.8 Å². The molecular formula is C21H23N3O3. The summed E-state index contributed by atoms with van der Waals surface area (Å²) in [6, 6.07) is 13.7. The SMILES string of the molecule is CC(=O)Nc1cccc(NC(=O)c2cccc(C(=O)N3CCCCC3)c2)c1. The van der Waals surface area contributed by atoms with Crippen LogP contribution in [0.1, 0.15) is 46.9 Å². The summed E-state index contributed by atoms with van der Waals surface area (Å²) in [4.78, 5) is 38.2. The third kappa shape index (κ3) is 4.94. The van der Waals surface area contributed by atoms with E-state index in [-0.39, 0.29) is 17.7 Å². The lowest BCUT2D eigenvalue weighted by atomic mass is 10.1. The van der Waals surface area contributed by atoms with Crippen LogP contribution in [-0.4, -0.2) is 35.7 Å². The van der Waals surface area contributed by atoms with E-state index in [0.717, 1.165) is 32.4 Å². The van der Waals surface area contributed by atoms with Crippen molar-refractivity contribution in [3.63, 3.8) is 0 Å². The smallest absolute Gasteiger partial charge is 0.255 e. The minimum Gasteiger partial charge on any atom is -0.339 e. The van der Waals surface area contributed by atoms with Gasteiger partial charge in [0.15, 0.2) is 0 Å². The van der Waals surface area contributed by atoms with Crippen molar-refractivity contribution in [2.75, 3.05) is 23.7 Å². The van der Waals surface area contributed by atoms with Gasteiger partial charge in [-0.05, 0) is 55.7 Å². The number of likely N-dealkylation sites (tertiary alicyclic amines) is 1. The van der Waals surface area contributed by atoms with Gasteiger partial charge in [-0.3, -0.25) is 14.4 Å². The topological polar surface area (TPSA) is 78.5 Å². The van der Waals surface area contributed by atoms with E-state index in [0.29, 0.717) is 22.5 Å². The van der Waals surface area contributed by atoms with E-state index < -0.39 is 0 Å². The fourth-order valence-corrected chi connectivity index (χ4v) is 3.15. The van der Waals surface area contributed by atoms with Gasteiger partial charge in [0, 0.05) is 42.5 Å². The van der Waals surface area contributed by atoms with E-state index in [1.165, 1.54) is 6.92 Å². The molecule has 0 radical (unpaired) electrons. The lowest BCUT2D eigenvalue weighted by Gasteiger charge is -2.26. The number of nitrogens with one attached hydrogen (secondary N) is 2. The molecule has 0 spiro atoms. The largest absolute Gasteiger partial charge is 0.339 e. The van der Waals surface area contributed by atoms with Gasteiger partial charge in [-0.1, -0.05) is 12.1 Å². The van der Waals surface area contributed by atoms with Gasteiger partial charge in [0.05, 0.1) is 0 Å². The Labute approximate surface area is 158 Å². The number of hydrogen-bond donors (Lipinski definition) is 2. The maximum Gasteiger partial charge on any atom is 0.255 e. The van der Waals surface area contributed by atoms with Crippen LogP contribution in [0.4, 0.5) is 11.4 Å². The highest BCUT2D eigenvalue weighted by atomic mass is 16.2. The summed E-state index contributed by atoms with van der Waals surface area (Å²) in [5.41, 5.74) is 2.12. The first kappa shape index (κ1) is 18.6. The summed E-state index contributed by atoms with van der Waals surface area (Å²) in [5, 5.41) is 5.48. The number of piperidine rings is 1. The molecule has 2 aromatic carbocycles. The summed E-state index contributed by atoms with van der Waals surface area (Å²) < 4.78 is 0. The summed E-state index contributed by atoms with van der Waals surface area (Å²) in [5.74, 6) is -0.511. The second kappa shape index (κ2) is 8.49. The van der Waals surface area contributed by atoms with Crippen molar-refractivity contribution in [1.82, 2.24) is 4.90 Å². The van der Waals surface area contributed by atoms with E-state index >= 15 is 0 Å². The monoisotopic (exact) mass is 365 g/mol. The van der Waals surface area contributed by atoms with Gasteiger partial charge in [0.1, 0.15) is 0 Å². The second-order valence-electron chi connectivity index (χ2n) is 6.65. The highest BCUT2D eigenvalue weighted by Crippen LogP contribution is 2.18. The van der Waals surface area contributed by atoms with Gasteiger partial charge >= 0.3 is 0 Å². The minimum atomic E-state index is -0.303. The van der Waals surface area contributed by atoms with Crippen LogP contribution in [0.5, 0.6) is 0 Å². The molecule has 1 saturated heterocycles. The van der Waals surface area contributed by atoms with Crippen molar-refractivity contribution in [1.29, 1.82) is 0 Å². The fourth-order valence-electron chi connectivity index (χ4n) is 3.15. The van der Waals surface area contributed by atoms with Gasteiger partial charge in [-0.15, -0.1) is 0 Å². The number of carbonyl (C=O) groups is 3. The van der Waals surface area contributed by atoms with Crippen LogP contribution >= 0.6 is 0 Å². The summed E-state index contributed by atoms with van der Waals surface area (Å²) >= 11 is 0. The van der Waals surface area contributed by atoms with E-state index in [1.54, 1.807) is 48.5 Å². The molecule has 6 nitrogen and oxygen atoms in total. The first-order valence-electron chi connectivity index (χ1n) is 9.11. The predicted octanol–water partition coefficient (Wildman–Crippen LogP) is 3.52. The Kier molecular flexibility index (Phi) is 5.86. The zero-order valence-electron chi connectivity index (χ0n) is 15.3. The Morgan fingerprint density at radius 3 is 2.15 bits per heavy atom. The zero-order valence-corrected chi connectivity index (χ0v) is 15.3. The molecule has 3 rings (SSSR count). The molecule has 1 heterocycles. The summed E-state index contributed by atoms with van der Waals surface area (Å²) in [6.07, 6.45) is 3.21. The number of anilines is 2. The van der Waals surface area contributed by atoms with E-state index in [2.05, 4.69) is 10.6 Å². The minimum absolute atomic E-state index is 0.0306. The molecule has 0 saturated carbocycles. The number of rotatable bonds is 4. The van der Waals surface area contributed by atoms with E-state index in [9.17, 15) is 14.4 Å². The lowest BCUT2D eigenvalue weighted by molar-refractivity contribution is -0.114. The molecule has 0 unspecified atom stereocenters. The van der Waals surface area contributed by atoms with Crippen molar-refractivity contribution >= 4 is 29.1 Å². The third-order valence-corrected chi connectivity index (χ3v) is 4.46. The number of nitrogens with zero attached hydrogens (tertiary/aromatic N) is 1. The third-order valence-electron chi connectivity index (χ3n) is 4.46. The Morgan fingerprint density at radius 2 is 1.44 bits per heavy atom. The maximum absolute atomic E-state index is 12.6. The molecule has 1 aliphatic rings. The molecule has 0 bridgehead atoms. The van der Waals surface area contributed by atoms with Crippen LogP contribution in [0.15, 0.2) is 48.5 Å². The Hall–Kier alpha value is -3.15. The second-order valence-corrected chi connectivity index (χ2v) is 6.65. The summed E-state index contributed by atoms with van der Waals surface area (Å²) in [6.45, 7) is 2.96. The molecular weight excluding hydrogens is 342 g/mol. The standard InChI is InChI=1S/C21H23N3O3/c1-15(25)22-18-9-6-10-19(14-18)23-20(26)16-7-5-8-17(13-16)21(27)24-11-3-2-4-12-24/h5-10,13-14H,2-4,11-12H2,1H3,(H,22,25)(H,23,26). The van der Waals surface area contributed by atoms with Crippen molar-refractivity contribution in [3.05, 3.63) is 59.7 Å². The lowest BCUT2D eigenvalue weighted by Crippen LogP contribution is -2.35. The Morgan fingerprint density at radius 1 is 0.815 bits per heavy atom. The average molecular weight is 365 g/mol. The first-order valence-corrected chi connectivity index (χ1v) is 9.11. The normalized spacial score (nSPS) is 13.7. The molecule has 1 fully saturated rings. The maximum atomic E-state index is 12.6. The molecule has 2 N–H and O–H groups in total. The van der Waals surface area contributed by atoms with Gasteiger partial charge < -0.3 is 15.5 Å². The number of amides is 3. The molecule has 1 aliphatic heterocycles. The molecule has 0 atom stereocenters. The number of carbonyl (C=O) groups excluding carboxylic acids is 3. The van der Waals surface area contributed by atoms with E-state index in [4.69, 9.17) is 0 Å². The van der Waals surface area contributed by atoms with Crippen molar-refractivity contribution in [3.8, 4) is 0 Å². The molecule has 0 aliphatic carbocycles. The van der Waals surface area contributed by atoms with Crippen molar-refractivity contribution < 1.29 is 14.4 Å². The van der Waals surface area contributed by atoms with Crippen molar-refractivity contribution in [2.24, 2.45) is 0 Å². The van der Waals surface area contributed by atoms with Gasteiger partial charge in [0.2, 0.25) is 5.91 Å². The molecule has 6 heteroatoms. The van der Waals surface area contributed by atoms with Crippen LogP contribution in [-0.2, 0) is 4.79 Å². The molecule has 140 valence electrons. The highest BCUT2D eigenvalue weighted by molar-refractivity contribution is 6.06. The molecule has 3 amide bonds. The molecule has 27 heavy (non-hydrogen) atoms. The van der Waals surface area contributed by atoms with Crippen LogP contribution < -0.4 is 10.6 Å². The zero-order chi connectivity index (χ0) is 19.2. The van der Waals surface area contributed by atoms with Crippen LogP contribution in [0.25, 0.3) is 0 Å². The highest BCUT2D eigenvalue weighted by Gasteiger charge is 2.19. The fraction of sp³-hybridized carbons (Fsp3) is 0.286. The van der Waals surface area contributed by atoms with Gasteiger partial charge in [-0.25, -0.2) is 0 Å². The van der Waals surface area contributed by atoms with Crippen LogP contribution in [0.2, 0.25) is 0 Å². The van der Waals surface area contributed by atoms with Gasteiger partial charge in [-0.2, -0.15) is 0 Å². The first-order chi connectivity index (χ1) is 13.0. The number of hydrogen-bond acceptors (Lipinski definition) is 3. The Balaban J connectivity index is 1.72. The predicted molar refractivity (Wildman–Crippen MR) is 105 cm³/mol. The van der Waals surface area contributed by atoms with E-state index in [1.807, 2.05) is 4.90 Å². The Bertz CT molecular complexity index is 857. The molecule has 2 aromatic rings. The summed E-state index contributed by atoms with van der Waals surface area (Å²) in [7, 11) is 0. The van der Waals surface area contributed by atoms with Crippen LogP contribution in [0, 0.1) is 0 Å². The quantitative estimate of drug-likeness (QED) is 0.870. The number of benzene rings is 2. The molecule has 0 aromatic heterocycles. The average Bonchev–Trinajstić information content (AvgIpc) is 2.68. The van der Waals surface area contributed by atoms with Crippen molar-refractivity contribution in [2.45, 2.75) is 26.2 Å².